The van der Waals surface area contributed by atoms with Gasteiger partial charge in [-0.1, -0.05) is 0 Å². The minimum Gasteiger partial charge on any atom is -0.496 e. The lowest BCUT2D eigenvalue weighted by molar-refractivity contribution is -0.0329. The number of carbonyl (C=O) groups is 1. The van der Waals surface area contributed by atoms with Crippen molar-refractivity contribution in [1.29, 1.82) is 5.26 Å². The summed E-state index contributed by atoms with van der Waals surface area (Å²) < 4.78 is 46.9. The van der Waals surface area contributed by atoms with Gasteiger partial charge in [-0.2, -0.15) is 18.4 Å². The van der Waals surface area contributed by atoms with Crippen LogP contribution in [-0.2, 0) is 4.74 Å². The zero-order chi connectivity index (χ0) is 15.3. The normalized spacial score (nSPS) is 10.8. The Bertz CT molecular complexity index is 552. The number of esters is 1. The molecular weight excluding hydrogens is 295 g/mol. The summed E-state index contributed by atoms with van der Waals surface area (Å²) in [6.45, 7) is 1.61. The Morgan fingerprint density at radius 1 is 1.45 bits per heavy atom. The summed E-state index contributed by atoms with van der Waals surface area (Å²) in [6.07, 6.45) is 0. The average molecular weight is 305 g/mol. The fourth-order valence-electron chi connectivity index (χ4n) is 1.39. The van der Waals surface area contributed by atoms with Crippen LogP contribution < -0.4 is 4.74 Å². The molecular formula is C12H10F3NO3S. The first-order chi connectivity index (χ1) is 9.32. The van der Waals surface area contributed by atoms with Crippen molar-refractivity contribution in [1.82, 2.24) is 0 Å². The van der Waals surface area contributed by atoms with Gasteiger partial charge in [-0.3, -0.25) is 0 Å². The molecule has 108 valence electrons. The van der Waals surface area contributed by atoms with Crippen LogP contribution in [0.15, 0.2) is 17.0 Å². The van der Waals surface area contributed by atoms with E-state index in [1.165, 1.54) is 7.11 Å². The monoisotopic (exact) mass is 305 g/mol. The number of methoxy groups -OCH3 is 1. The summed E-state index contributed by atoms with van der Waals surface area (Å²) in [6, 6.07) is 3.76. The standard InChI is InChI=1S/C12H10F3NO3S/c1-3-19-11(17)8-5-10(20-12(13,14)15)9(18-2)4-7(8)6-16/h4-5H,3H2,1-2H3. The maximum absolute atomic E-state index is 12.4. The molecule has 20 heavy (non-hydrogen) atoms. The minimum absolute atomic E-state index is 0.0531. The van der Waals surface area contributed by atoms with Crippen molar-refractivity contribution in [2.24, 2.45) is 0 Å². The van der Waals surface area contributed by atoms with Gasteiger partial charge in [-0.15, -0.1) is 0 Å². The third-order valence-corrected chi connectivity index (χ3v) is 2.92. The van der Waals surface area contributed by atoms with E-state index in [-0.39, 0.29) is 28.4 Å². The molecule has 0 saturated heterocycles. The smallest absolute Gasteiger partial charge is 0.446 e. The zero-order valence-electron chi connectivity index (χ0n) is 10.6. The number of thioether (sulfide) groups is 1. The number of halogens is 3. The second-order valence-corrected chi connectivity index (χ2v) is 4.54. The number of benzene rings is 1. The predicted octanol–water partition coefficient (Wildman–Crippen LogP) is 3.36. The number of hydrogen-bond donors (Lipinski definition) is 0. The van der Waals surface area contributed by atoms with Crippen LogP contribution in [0.1, 0.15) is 22.8 Å². The molecule has 0 saturated carbocycles. The van der Waals surface area contributed by atoms with E-state index in [0.717, 1.165) is 12.1 Å². The van der Waals surface area contributed by atoms with Gasteiger partial charge in [0.2, 0.25) is 0 Å². The third kappa shape index (κ3) is 4.06. The maximum Gasteiger partial charge on any atom is 0.446 e. The van der Waals surface area contributed by atoms with E-state index in [2.05, 4.69) is 0 Å². The highest BCUT2D eigenvalue weighted by Gasteiger charge is 2.32. The van der Waals surface area contributed by atoms with E-state index in [9.17, 15) is 18.0 Å². The van der Waals surface area contributed by atoms with Gasteiger partial charge in [0.15, 0.2) is 0 Å². The highest BCUT2D eigenvalue weighted by Crippen LogP contribution is 2.42. The number of rotatable bonds is 4. The topological polar surface area (TPSA) is 59.3 Å². The number of ether oxygens (including phenoxy) is 2. The van der Waals surface area contributed by atoms with Crippen LogP contribution in [0.4, 0.5) is 13.2 Å². The first kappa shape index (κ1) is 16.2. The first-order valence-electron chi connectivity index (χ1n) is 5.37. The van der Waals surface area contributed by atoms with Gasteiger partial charge >= 0.3 is 11.5 Å². The Labute approximate surface area is 117 Å². The van der Waals surface area contributed by atoms with Crippen molar-refractivity contribution in [3.05, 3.63) is 23.3 Å². The number of carbonyl (C=O) groups excluding carboxylic acids is 1. The van der Waals surface area contributed by atoms with Crippen molar-refractivity contribution >= 4 is 17.7 Å². The second-order valence-electron chi connectivity index (χ2n) is 3.43. The molecule has 0 fully saturated rings. The van der Waals surface area contributed by atoms with Gasteiger partial charge < -0.3 is 9.47 Å². The first-order valence-corrected chi connectivity index (χ1v) is 6.19. The molecule has 0 aliphatic carbocycles. The Kier molecular flexibility index (Phi) is 5.27. The molecule has 0 bridgehead atoms. The lowest BCUT2D eigenvalue weighted by Crippen LogP contribution is -2.09. The van der Waals surface area contributed by atoms with Gasteiger partial charge in [0.1, 0.15) is 11.8 Å². The van der Waals surface area contributed by atoms with Gasteiger partial charge in [0.05, 0.1) is 29.7 Å². The molecule has 0 amide bonds. The van der Waals surface area contributed by atoms with Crippen LogP contribution >= 0.6 is 11.8 Å². The minimum atomic E-state index is -4.53. The number of nitrogens with zero attached hydrogens (tertiary/aromatic N) is 1. The fraction of sp³-hybridized carbons (Fsp3) is 0.333. The Hall–Kier alpha value is -1.88. The Morgan fingerprint density at radius 3 is 2.55 bits per heavy atom. The molecule has 8 heteroatoms. The van der Waals surface area contributed by atoms with Crippen molar-refractivity contribution in [2.75, 3.05) is 13.7 Å². The van der Waals surface area contributed by atoms with Crippen LogP contribution in [0, 0.1) is 11.3 Å². The molecule has 1 aromatic rings. The van der Waals surface area contributed by atoms with Crippen LogP contribution in [0.5, 0.6) is 5.75 Å². The molecule has 0 aromatic heterocycles. The molecule has 0 radical (unpaired) electrons. The van der Waals surface area contributed by atoms with E-state index in [1.807, 2.05) is 0 Å². The van der Waals surface area contributed by atoms with Gasteiger partial charge in [0.25, 0.3) is 0 Å². The summed E-state index contributed by atoms with van der Waals surface area (Å²) in [4.78, 5) is 11.3. The summed E-state index contributed by atoms with van der Waals surface area (Å²) in [7, 11) is 1.18. The van der Waals surface area contributed by atoms with Crippen molar-refractivity contribution in [3.8, 4) is 11.8 Å². The van der Waals surface area contributed by atoms with Crippen LogP contribution in [0.25, 0.3) is 0 Å². The summed E-state index contributed by atoms with van der Waals surface area (Å²) in [5, 5.41) is 8.94. The number of nitriles is 1. The molecule has 0 unspecified atom stereocenters. The molecule has 0 aliphatic heterocycles. The number of hydrogen-bond acceptors (Lipinski definition) is 5. The van der Waals surface area contributed by atoms with Gasteiger partial charge in [-0.25, -0.2) is 4.79 Å². The van der Waals surface area contributed by atoms with E-state index in [0.29, 0.717) is 0 Å². The Morgan fingerprint density at radius 2 is 2.10 bits per heavy atom. The highest BCUT2D eigenvalue weighted by molar-refractivity contribution is 8.00. The maximum atomic E-state index is 12.4. The molecule has 1 rings (SSSR count). The Balaban J connectivity index is 3.34. The molecule has 0 heterocycles. The van der Waals surface area contributed by atoms with E-state index in [1.54, 1.807) is 13.0 Å². The summed E-state index contributed by atoms with van der Waals surface area (Å²) >= 11 is -0.421. The lowest BCUT2D eigenvalue weighted by Gasteiger charge is -2.13. The van der Waals surface area contributed by atoms with Crippen LogP contribution in [0.3, 0.4) is 0 Å². The van der Waals surface area contributed by atoms with Gasteiger partial charge in [-0.05, 0) is 30.8 Å². The molecule has 0 spiro atoms. The highest BCUT2D eigenvalue weighted by atomic mass is 32.2. The largest absolute Gasteiger partial charge is 0.496 e. The van der Waals surface area contributed by atoms with E-state index >= 15 is 0 Å². The molecule has 0 aliphatic rings. The van der Waals surface area contributed by atoms with E-state index in [4.69, 9.17) is 14.7 Å². The molecule has 0 atom stereocenters. The third-order valence-electron chi connectivity index (χ3n) is 2.15. The molecule has 0 N–H and O–H groups in total. The quantitative estimate of drug-likeness (QED) is 0.630. The fourth-order valence-corrected chi connectivity index (χ4v) is 2.06. The SMILES string of the molecule is CCOC(=O)c1cc(SC(F)(F)F)c(OC)cc1C#N. The summed E-state index contributed by atoms with van der Waals surface area (Å²) in [5.74, 6) is -0.979. The zero-order valence-corrected chi connectivity index (χ0v) is 11.4. The van der Waals surface area contributed by atoms with Crippen LogP contribution in [0.2, 0.25) is 0 Å². The van der Waals surface area contributed by atoms with Crippen molar-refractivity contribution < 1.29 is 27.4 Å². The number of alkyl halides is 3. The second kappa shape index (κ2) is 6.52. The molecule has 1 aromatic carbocycles. The summed E-state index contributed by atoms with van der Waals surface area (Å²) in [5.41, 5.74) is -4.86. The predicted molar refractivity (Wildman–Crippen MR) is 65.6 cm³/mol. The van der Waals surface area contributed by atoms with Crippen molar-refractivity contribution in [3.63, 3.8) is 0 Å². The lowest BCUT2D eigenvalue weighted by atomic mass is 10.1. The average Bonchev–Trinajstić information content (AvgIpc) is 2.36. The van der Waals surface area contributed by atoms with Crippen molar-refractivity contribution in [2.45, 2.75) is 17.3 Å². The molecule has 4 nitrogen and oxygen atoms in total. The van der Waals surface area contributed by atoms with E-state index < -0.39 is 23.2 Å². The van der Waals surface area contributed by atoms with Gasteiger partial charge in [0, 0.05) is 0 Å². The van der Waals surface area contributed by atoms with Crippen LogP contribution in [-0.4, -0.2) is 25.2 Å².